The van der Waals surface area contributed by atoms with Crippen molar-refractivity contribution in [3.05, 3.63) is 30.1 Å². The fraction of sp³-hybridized carbons (Fsp3) is 0.385. The van der Waals surface area contributed by atoms with Gasteiger partial charge in [-0.1, -0.05) is 12.1 Å². The van der Waals surface area contributed by atoms with Crippen LogP contribution < -0.4 is 5.32 Å². The SMILES string of the molecule is CCN(CC(C)C#N)C(=O)Nc1ccccc1F. The molecule has 0 aliphatic carbocycles. The van der Waals surface area contributed by atoms with Crippen molar-refractivity contribution in [3.8, 4) is 6.07 Å². The highest BCUT2D eigenvalue weighted by Gasteiger charge is 2.15. The molecule has 4 nitrogen and oxygen atoms in total. The number of nitriles is 1. The van der Waals surface area contributed by atoms with Crippen LogP contribution >= 0.6 is 0 Å². The summed E-state index contributed by atoms with van der Waals surface area (Å²) in [6.45, 7) is 4.34. The Labute approximate surface area is 106 Å². The lowest BCUT2D eigenvalue weighted by Crippen LogP contribution is -2.37. The van der Waals surface area contributed by atoms with Gasteiger partial charge in [0, 0.05) is 13.1 Å². The zero-order chi connectivity index (χ0) is 13.5. The van der Waals surface area contributed by atoms with E-state index in [-0.39, 0.29) is 11.6 Å². The number of nitrogens with one attached hydrogen (secondary N) is 1. The van der Waals surface area contributed by atoms with Crippen molar-refractivity contribution in [2.75, 3.05) is 18.4 Å². The molecule has 1 unspecified atom stereocenters. The lowest BCUT2D eigenvalue weighted by molar-refractivity contribution is 0.210. The summed E-state index contributed by atoms with van der Waals surface area (Å²) >= 11 is 0. The molecule has 96 valence electrons. The molecule has 0 saturated heterocycles. The molecule has 1 N–H and O–H groups in total. The Hall–Kier alpha value is -2.09. The normalized spacial score (nSPS) is 11.4. The summed E-state index contributed by atoms with van der Waals surface area (Å²) in [7, 11) is 0. The number of hydrogen-bond acceptors (Lipinski definition) is 2. The summed E-state index contributed by atoms with van der Waals surface area (Å²) in [5.41, 5.74) is 0.144. The average Bonchev–Trinajstić information content (AvgIpc) is 2.38. The highest BCUT2D eigenvalue weighted by atomic mass is 19.1. The third kappa shape index (κ3) is 3.74. The van der Waals surface area contributed by atoms with Crippen molar-refractivity contribution in [1.82, 2.24) is 4.90 Å². The van der Waals surface area contributed by atoms with Gasteiger partial charge in [-0.05, 0) is 26.0 Å². The molecule has 0 bridgehead atoms. The summed E-state index contributed by atoms with van der Waals surface area (Å²) in [6, 6.07) is 7.64. The number of hydrogen-bond donors (Lipinski definition) is 1. The van der Waals surface area contributed by atoms with Crippen molar-refractivity contribution in [2.24, 2.45) is 5.92 Å². The lowest BCUT2D eigenvalue weighted by atomic mass is 10.2. The molecule has 0 spiro atoms. The number of amides is 2. The van der Waals surface area contributed by atoms with Crippen molar-refractivity contribution < 1.29 is 9.18 Å². The van der Waals surface area contributed by atoms with Crippen molar-refractivity contribution in [1.29, 1.82) is 5.26 Å². The standard InChI is InChI=1S/C13H16FN3O/c1-3-17(9-10(2)8-15)13(18)16-12-7-5-4-6-11(12)14/h4-7,10H,3,9H2,1-2H3,(H,16,18). The number of benzene rings is 1. The van der Waals surface area contributed by atoms with Crippen LogP contribution in [-0.2, 0) is 0 Å². The Balaban J connectivity index is 2.69. The van der Waals surface area contributed by atoms with E-state index >= 15 is 0 Å². The minimum atomic E-state index is -0.477. The van der Waals surface area contributed by atoms with Crippen LogP contribution in [0, 0.1) is 23.1 Å². The number of rotatable bonds is 4. The predicted molar refractivity (Wildman–Crippen MR) is 67.4 cm³/mol. The topological polar surface area (TPSA) is 56.1 Å². The maximum absolute atomic E-state index is 13.4. The van der Waals surface area contributed by atoms with Crippen LogP contribution in [0.1, 0.15) is 13.8 Å². The Bertz CT molecular complexity index is 456. The molecule has 1 atom stereocenters. The number of nitrogens with zero attached hydrogens (tertiary/aromatic N) is 2. The molecule has 1 aromatic rings. The largest absolute Gasteiger partial charge is 0.324 e. The van der Waals surface area contributed by atoms with E-state index in [4.69, 9.17) is 5.26 Å². The Morgan fingerprint density at radius 3 is 2.78 bits per heavy atom. The molecule has 0 heterocycles. The van der Waals surface area contributed by atoms with Gasteiger partial charge in [0.05, 0.1) is 17.7 Å². The Kier molecular flexibility index (Phi) is 5.12. The summed E-state index contributed by atoms with van der Waals surface area (Å²) in [5.74, 6) is -0.730. The van der Waals surface area contributed by atoms with Gasteiger partial charge >= 0.3 is 6.03 Å². The zero-order valence-electron chi connectivity index (χ0n) is 10.5. The minimum Gasteiger partial charge on any atom is -0.324 e. The van der Waals surface area contributed by atoms with Gasteiger partial charge in [-0.25, -0.2) is 9.18 Å². The number of carbonyl (C=O) groups excluding carboxylic acids is 1. The van der Waals surface area contributed by atoms with Crippen LogP contribution in [0.15, 0.2) is 24.3 Å². The van der Waals surface area contributed by atoms with Gasteiger partial charge in [-0.3, -0.25) is 0 Å². The molecule has 0 aromatic heterocycles. The molecule has 0 aliphatic heterocycles. The first-order valence-corrected chi connectivity index (χ1v) is 5.78. The Morgan fingerprint density at radius 1 is 1.56 bits per heavy atom. The molecule has 2 amide bonds. The summed E-state index contributed by atoms with van der Waals surface area (Å²) < 4.78 is 13.4. The van der Waals surface area contributed by atoms with Gasteiger partial charge in [0.25, 0.3) is 0 Å². The van der Waals surface area contributed by atoms with E-state index in [1.165, 1.54) is 17.0 Å². The van der Waals surface area contributed by atoms with Gasteiger partial charge in [0.1, 0.15) is 5.82 Å². The first-order chi connectivity index (χ1) is 8.58. The van der Waals surface area contributed by atoms with Gasteiger partial charge in [-0.15, -0.1) is 0 Å². The van der Waals surface area contributed by atoms with E-state index in [0.29, 0.717) is 13.1 Å². The average molecular weight is 249 g/mol. The highest BCUT2D eigenvalue weighted by molar-refractivity contribution is 5.89. The van der Waals surface area contributed by atoms with Gasteiger partial charge < -0.3 is 10.2 Å². The first-order valence-electron chi connectivity index (χ1n) is 5.78. The van der Waals surface area contributed by atoms with Crippen molar-refractivity contribution in [2.45, 2.75) is 13.8 Å². The molecule has 0 aliphatic rings. The first kappa shape index (κ1) is 14.0. The van der Waals surface area contributed by atoms with Crippen LogP contribution in [0.5, 0.6) is 0 Å². The van der Waals surface area contributed by atoms with Gasteiger partial charge in [0.15, 0.2) is 0 Å². The molecule has 0 fully saturated rings. The number of anilines is 1. The van der Waals surface area contributed by atoms with E-state index in [0.717, 1.165) is 0 Å². The fourth-order valence-electron chi connectivity index (χ4n) is 1.48. The quantitative estimate of drug-likeness (QED) is 0.892. The molecule has 18 heavy (non-hydrogen) atoms. The minimum absolute atomic E-state index is 0.144. The van der Waals surface area contributed by atoms with Crippen LogP contribution in [0.25, 0.3) is 0 Å². The molecular weight excluding hydrogens is 233 g/mol. The molecule has 0 saturated carbocycles. The van der Waals surface area contributed by atoms with E-state index in [2.05, 4.69) is 11.4 Å². The van der Waals surface area contributed by atoms with Crippen LogP contribution in [-0.4, -0.2) is 24.0 Å². The third-order valence-corrected chi connectivity index (χ3v) is 2.50. The smallest absolute Gasteiger partial charge is 0.321 e. The van der Waals surface area contributed by atoms with Gasteiger partial charge in [0.2, 0.25) is 0 Å². The number of carbonyl (C=O) groups is 1. The lowest BCUT2D eigenvalue weighted by Gasteiger charge is -2.22. The summed E-state index contributed by atoms with van der Waals surface area (Å²) in [5, 5.41) is 11.2. The zero-order valence-corrected chi connectivity index (χ0v) is 10.5. The maximum Gasteiger partial charge on any atom is 0.321 e. The molecule has 1 rings (SSSR count). The molecule has 0 radical (unpaired) electrons. The third-order valence-electron chi connectivity index (χ3n) is 2.50. The monoisotopic (exact) mass is 249 g/mol. The number of para-hydroxylation sites is 1. The van der Waals surface area contributed by atoms with Crippen LogP contribution in [0.4, 0.5) is 14.9 Å². The second kappa shape index (κ2) is 6.60. The second-order valence-electron chi connectivity index (χ2n) is 3.98. The van der Waals surface area contributed by atoms with E-state index < -0.39 is 11.8 Å². The van der Waals surface area contributed by atoms with Gasteiger partial charge in [-0.2, -0.15) is 5.26 Å². The van der Waals surface area contributed by atoms with Crippen molar-refractivity contribution >= 4 is 11.7 Å². The highest BCUT2D eigenvalue weighted by Crippen LogP contribution is 2.13. The number of halogens is 1. The Morgan fingerprint density at radius 2 is 2.22 bits per heavy atom. The molecule has 5 heteroatoms. The molecule has 1 aromatic carbocycles. The predicted octanol–water partition coefficient (Wildman–Crippen LogP) is 2.84. The van der Waals surface area contributed by atoms with Crippen LogP contribution in [0.3, 0.4) is 0 Å². The van der Waals surface area contributed by atoms with E-state index in [9.17, 15) is 9.18 Å². The fourth-order valence-corrected chi connectivity index (χ4v) is 1.48. The summed E-state index contributed by atoms with van der Waals surface area (Å²) in [4.78, 5) is 13.4. The second-order valence-corrected chi connectivity index (χ2v) is 3.98. The van der Waals surface area contributed by atoms with E-state index in [1.807, 2.05) is 6.92 Å². The maximum atomic E-state index is 13.4. The van der Waals surface area contributed by atoms with Crippen LogP contribution in [0.2, 0.25) is 0 Å². The number of urea groups is 1. The summed E-state index contributed by atoms with van der Waals surface area (Å²) in [6.07, 6.45) is 0. The van der Waals surface area contributed by atoms with E-state index in [1.54, 1.807) is 19.1 Å². The van der Waals surface area contributed by atoms with Crippen molar-refractivity contribution in [3.63, 3.8) is 0 Å². The molecular formula is C13H16FN3O.